The molecule has 4 heteroatoms. The number of hydrogen-bond acceptors (Lipinski definition) is 2. The molecular weight excluding hydrogens is 289 g/mol. The van der Waals surface area contributed by atoms with Gasteiger partial charge in [0.2, 0.25) is 0 Å². The summed E-state index contributed by atoms with van der Waals surface area (Å²) >= 11 is 6.25. The van der Waals surface area contributed by atoms with Gasteiger partial charge in [-0.05, 0) is 29.8 Å². The van der Waals surface area contributed by atoms with Crippen LogP contribution in [0.3, 0.4) is 0 Å². The number of halogens is 2. The zero-order valence-electron chi connectivity index (χ0n) is 12.2. The molecule has 0 bridgehead atoms. The lowest BCUT2D eigenvalue weighted by Crippen LogP contribution is -2.22. The molecule has 0 aliphatic carbocycles. The van der Waals surface area contributed by atoms with Crippen molar-refractivity contribution < 1.29 is 9.13 Å². The third-order valence-electron chi connectivity index (χ3n) is 3.07. The Balaban J connectivity index is 2.08. The molecule has 0 spiro atoms. The normalized spacial score (nSPS) is 10.9. The summed E-state index contributed by atoms with van der Waals surface area (Å²) in [7, 11) is 0. The molecule has 2 rings (SSSR count). The van der Waals surface area contributed by atoms with Crippen molar-refractivity contribution in [1.29, 1.82) is 0 Å². The Labute approximate surface area is 129 Å². The van der Waals surface area contributed by atoms with Crippen molar-refractivity contribution in [3.63, 3.8) is 0 Å². The second kappa shape index (κ2) is 7.43. The molecule has 0 heterocycles. The molecule has 2 aromatic rings. The van der Waals surface area contributed by atoms with E-state index in [2.05, 4.69) is 19.2 Å². The van der Waals surface area contributed by atoms with E-state index in [1.165, 1.54) is 12.1 Å². The molecule has 1 N–H and O–H groups in total. The Bertz CT molecular complexity index is 584. The highest BCUT2D eigenvalue weighted by atomic mass is 35.5. The van der Waals surface area contributed by atoms with Crippen molar-refractivity contribution in [3.8, 4) is 5.75 Å². The molecular formula is C17H19ClFNO. The monoisotopic (exact) mass is 307 g/mol. The van der Waals surface area contributed by atoms with Gasteiger partial charge in [0, 0.05) is 23.2 Å². The number of hydrogen-bond donors (Lipinski definition) is 1. The number of benzene rings is 2. The lowest BCUT2D eigenvalue weighted by atomic mass is 10.2. The molecule has 0 fully saturated rings. The van der Waals surface area contributed by atoms with Gasteiger partial charge in [0.05, 0.1) is 0 Å². The lowest BCUT2D eigenvalue weighted by Gasteiger charge is -2.15. The summed E-state index contributed by atoms with van der Waals surface area (Å²) < 4.78 is 18.7. The summed E-state index contributed by atoms with van der Waals surface area (Å²) in [4.78, 5) is 0. The van der Waals surface area contributed by atoms with Crippen LogP contribution in [0.25, 0.3) is 0 Å². The van der Waals surface area contributed by atoms with Gasteiger partial charge < -0.3 is 10.1 Å². The Morgan fingerprint density at radius 2 is 1.86 bits per heavy atom. The second-order valence-electron chi connectivity index (χ2n) is 5.17. The van der Waals surface area contributed by atoms with Crippen LogP contribution < -0.4 is 10.1 Å². The Morgan fingerprint density at radius 1 is 1.14 bits per heavy atom. The molecule has 0 atom stereocenters. The van der Waals surface area contributed by atoms with E-state index in [9.17, 15) is 4.39 Å². The summed E-state index contributed by atoms with van der Waals surface area (Å²) in [5.74, 6) is 0.503. The molecule has 0 saturated heterocycles. The summed E-state index contributed by atoms with van der Waals surface area (Å²) in [6, 6.07) is 12.3. The van der Waals surface area contributed by atoms with Gasteiger partial charge in [-0.1, -0.05) is 43.6 Å². The van der Waals surface area contributed by atoms with Crippen molar-refractivity contribution in [2.24, 2.45) is 0 Å². The van der Waals surface area contributed by atoms with E-state index >= 15 is 0 Å². The van der Waals surface area contributed by atoms with E-state index in [0.29, 0.717) is 24.2 Å². The van der Waals surface area contributed by atoms with E-state index in [1.807, 2.05) is 18.2 Å². The Hall–Kier alpha value is -1.58. The minimum absolute atomic E-state index is 0.247. The first-order valence-electron chi connectivity index (χ1n) is 6.94. The second-order valence-corrected chi connectivity index (χ2v) is 5.57. The standard InChI is InChI=1S/C17H19ClFNO/c1-12(2)20-10-15-16(18)4-3-5-17(15)21-11-13-6-8-14(19)9-7-13/h3-9,12,20H,10-11H2,1-2H3. The van der Waals surface area contributed by atoms with Crippen molar-refractivity contribution >= 4 is 11.6 Å². The first-order valence-corrected chi connectivity index (χ1v) is 7.32. The lowest BCUT2D eigenvalue weighted by molar-refractivity contribution is 0.301. The van der Waals surface area contributed by atoms with Crippen LogP contribution in [0.15, 0.2) is 42.5 Å². The topological polar surface area (TPSA) is 21.3 Å². The fraction of sp³-hybridized carbons (Fsp3) is 0.294. The average Bonchev–Trinajstić information content (AvgIpc) is 2.45. The highest BCUT2D eigenvalue weighted by molar-refractivity contribution is 6.31. The van der Waals surface area contributed by atoms with Crippen LogP contribution in [0.1, 0.15) is 25.0 Å². The third kappa shape index (κ3) is 4.73. The minimum atomic E-state index is -0.247. The Morgan fingerprint density at radius 3 is 2.52 bits per heavy atom. The summed E-state index contributed by atoms with van der Waals surface area (Å²) in [5, 5.41) is 4.01. The first kappa shape index (κ1) is 15.8. The molecule has 0 amide bonds. The van der Waals surface area contributed by atoms with Crippen LogP contribution in [0, 0.1) is 5.82 Å². The molecule has 0 aromatic heterocycles. The predicted octanol–water partition coefficient (Wildman–Crippen LogP) is 4.56. The highest BCUT2D eigenvalue weighted by Crippen LogP contribution is 2.27. The largest absolute Gasteiger partial charge is 0.489 e. The fourth-order valence-corrected chi connectivity index (χ4v) is 2.13. The number of ether oxygens (including phenoxy) is 1. The van der Waals surface area contributed by atoms with Crippen LogP contribution in [0.2, 0.25) is 5.02 Å². The van der Waals surface area contributed by atoms with Crippen molar-refractivity contribution in [3.05, 3.63) is 64.4 Å². The van der Waals surface area contributed by atoms with Crippen LogP contribution >= 0.6 is 11.6 Å². The highest BCUT2D eigenvalue weighted by Gasteiger charge is 2.09. The maximum atomic E-state index is 12.9. The van der Waals surface area contributed by atoms with Crippen LogP contribution in [-0.4, -0.2) is 6.04 Å². The van der Waals surface area contributed by atoms with E-state index in [0.717, 1.165) is 16.9 Å². The predicted molar refractivity (Wildman–Crippen MR) is 84.2 cm³/mol. The van der Waals surface area contributed by atoms with Gasteiger partial charge in [-0.3, -0.25) is 0 Å². The maximum absolute atomic E-state index is 12.9. The quantitative estimate of drug-likeness (QED) is 0.845. The molecule has 0 saturated carbocycles. The molecule has 2 aromatic carbocycles. The minimum Gasteiger partial charge on any atom is -0.489 e. The zero-order valence-corrected chi connectivity index (χ0v) is 13.0. The number of rotatable bonds is 6. The molecule has 21 heavy (non-hydrogen) atoms. The molecule has 0 radical (unpaired) electrons. The molecule has 0 aliphatic heterocycles. The van der Waals surface area contributed by atoms with E-state index in [4.69, 9.17) is 16.3 Å². The third-order valence-corrected chi connectivity index (χ3v) is 3.42. The molecule has 0 aliphatic rings. The SMILES string of the molecule is CC(C)NCc1c(Cl)cccc1OCc1ccc(F)cc1. The summed E-state index contributed by atoms with van der Waals surface area (Å²) in [6.07, 6.45) is 0. The fourth-order valence-electron chi connectivity index (χ4n) is 1.89. The maximum Gasteiger partial charge on any atom is 0.125 e. The van der Waals surface area contributed by atoms with Crippen molar-refractivity contribution in [2.75, 3.05) is 0 Å². The van der Waals surface area contributed by atoms with Crippen LogP contribution in [-0.2, 0) is 13.2 Å². The van der Waals surface area contributed by atoms with Crippen molar-refractivity contribution in [1.82, 2.24) is 5.32 Å². The van der Waals surface area contributed by atoms with E-state index in [-0.39, 0.29) is 5.82 Å². The molecule has 112 valence electrons. The first-order chi connectivity index (χ1) is 10.1. The Kier molecular flexibility index (Phi) is 5.59. The van der Waals surface area contributed by atoms with Crippen LogP contribution in [0.4, 0.5) is 4.39 Å². The van der Waals surface area contributed by atoms with Gasteiger partial charge in [-0.25, -0.2) is 4.39 Å². The summed E-state index contributed by atoms with van der Waals surface area (Å²) in [6.45, 7) is 5.19. The van der Waals surface area contributed by atoms with Gasteiger partial charge in [-0.2, -0.15) is 0 Å². The van der Waals surface area contributed by atoms with Gasteiger partial charge in [0.1, 0.15) is 18.2 Å². The summed E-state index contributed by atoms with van der Waals surface area (Å²) in [5.41, 5.74) is 1.86. The zero-order chi connectivity index (χ0) is 15.2. The number of nitrogens with one attached hydrogen (secondary N) is 1. The van der Waals surface area contributed by atoms with Gasteiger partial charge in [-0.15, -0.1) is 0 Å². The van der Waals surface area contributed by atoms with Gasteiger partial charge in [0.15, 0.2) is 0 Å². The average molecular weight is 308 g/mol. The van der Waals surface area contributed by atoms with E-state index in [1.54, 1.807) is 12.1 Å². The van der Waals surface area contributed by atoms with Crippen LogP contribution in [0.5, 0.6) is 5.75 Å². The van der Waals surface area contributed by atoms with Gasteiger partial charge in [0.25, 0.3) is 0 Å². The molecule has 2 nitrogen and oxygen atoms in total. The van der Waals surface area contributed by atoms with Crippen molar-refractivity contribution in [2.45, 2.75) is 33.0 Å². The molecule has 0 unspecified atom stereocenters. The van der Waals surface area contributed by atoms with Gasteiger partial charge >= 0.3 is 0 Å². The van der Waals surface area contributed by atoms with E-state index < -0.39 is 0 Å². The smallest absolute Gasteiger partial charge is 0.125 e.